The fourth-order valence-corrected chi connectivity index (χ4v) is 3.88. The van der Waals surface area contributed by atoms with Gasteiger partial charge in [-0.15, -0.1) is 0 Å². The number of aliphatic hydroxyl groups excluding tert-OH is 2. The lowest BCUT2D eigenvalue weighted by Crippen LogP contribution is -2.17. The van der Waals surface area contributed by atoms with E-state index in [-0.39, 0.29) is 18.2 Å². The van der Waals surface area contributed by atoms with Crippen LogP contribution in [0.5, 0.6) is 0 Å². The summed E-state index contributed by atoms with van der Waals surface area (Å²) in [4.78, 5) is 11.8. The molecular formula is C25H18F4N6O2. The fraction of sp³-hybridized carbons (Fsp3) is 0.120. The first kappa shape index (κ1) is 24.3. The zero-order chi connectivity index (χ0) is 26.2. The van der Waals surface area contributed by atoms with Gasteiger partial charge in [0.25, 0.3) is 0 Å². The average Bonchev–Trinajstić information content (AvgIpc) is 3.26. The standard InChI is InChI=1S/C25H18F4N6O2/c26-20-11-19(25(27,28)29)16(22-30-7-4-8-31-22)10-17(20)24(37)33-23-18-9-14(13-36)32-12-21(18)34-35(23)15-5-2-1-3-6-15/h1-12,24,33,36-37H,13H2. The zero-order valence-electron chi connectivity index (χ0n) is 18.9. The van der Waals surface area contributed by atoms with Crippen molar-refractivity contribution in [3.63, 3.8) is 0 Å². The van der Waals surface area contributed by atoms with Crippen LogP contribution in [0, 0.1) is 5.82 Å². The van der Waals surface area contributed by atoms with Gasteiger partial charge in [-0.25, -0.2) is 19.0 Å². The third-order valence-corrected chi connectivity index (χ3v) is 5.59. The molecule has 0 fully saturated rings. The second-order valence-electron chi connectivity index (χ2n) is 7.98. The molecule has 1 atom stereocenters. The van der Waals surface area contributed by atoms with E-state index in [0.717, 1.165) is 6.07 Å². The highest BCUT2D eigenvalue weighted by Crippen LogP contribution is 2.39. The number of hydrogen-bond acceptors (Lipinski definition) is 7. The Balaban J connectivity index is 1.64. The molecule has 5 aromatic rings. The quantitative estimate of drug-likeness (QED) is 0.226. The maximum Gasteiger partial charge on any atom is 0.417 e. The molecule has 3 aromatic heterocycles. The molecule has 0 bridgehead atoms. The van der Waals surface area contributed by atoms with Crippen LogP contribution < -0.4 is 5.32 Å². The van der Waals surface area contributed by atoms with Crippen molar-refractivity contribution in [2.75, 3.05) is 5.32 Å². The summed E-state index contributed by atoms with van der Waals surface area (Å²) in [5.74, 6) is -1.34. The number of benzene rings is 2. The molecule has 0 aliphatic carbocycles. The van der Waals surface area contributed by atoms with E-state index in [9.17, 15) is 23.4 Å². The van der Waals surface area contributed by atoms with Crippen LogP contribution in [0.1, 0.15) is 23.0 Å². The van der Waals surface area contributed by atoms with Crippen LogP contribution in [-0.4, -0.2) is 34.9 Å². The summed E-state index contributed by atoms with van der Waals surface area (Å²) in [7, 11) is 0. The maximum atomic E-state index is 15.0. The van der Waals surface area contributed by atoms with Gasteiger partial charge in [0.15, 0.2) is 12.1 Å². The van der Waals surface area contributed by atoms with E-state index in [1.54, 1.807) is 36.4 Å². The number of rotatable bonds is 6. The lowest BCUT2D eigenvalue weighted by molar-refractivity contribution is -0.137. The van der Waals surface area contributed by atoms with Gasteiger partial charge in [-0.05, 0) is 36.4 Å². The molecule has 12 heteroatoms. The predicted molar refractivity (Wildman–Crippen MR) is 126 cm³/mol. The molecule has 0 amide bonds. The molecular weight excluding hydrogens is 492 g/mol. The normalized spacial score (nSPS) is 12.6. The van der Waals surface area contributed by atoms with Gasteiger partial charge < -0.3 is 15.5 Å². The van der Waals surface area contributed by atoms with Crippen molar-refractivity contribution < 1.29 is 27.8 Å². The Morgan fingerprint density at radius 1 is 0.973 bits per heavy atom. The van der Waals surface area contributed by atoms with Crippen LogP contribution in [0.25, 0.3) is 28.0 Å². The van der Waals surface area contributed by atoms with Crippen LogP contribution in [-0.2, 0) is 12.8 Å². The van der Waals surface area contributed by atoms with Gasteiger partial charge in [0.2, 0.25) is 0 Å². The Labute approximate surface area is 206 Å². The average molecular weight is 510 g/mol. The lowest BCUT2D eigenvalue weighted by atomic mass is 10.0. The molecule has 3 N–H and O–H groups in total. The number of aliphatic hydroxyl groups is 2. The zero-order valence-corrected chi connectivity index (χ0v) is 18.9. The molecule has 2 aromatic carbocycles. The number of halogens is 4. The van der Waals surface area contributed by atoms with Gasteiger partial charge in [0, 0.05) is 28.9 Å². The van der Waals surface area contributed by atoms with Crippen LogP contribution in [0.3, 0.4) is 0 Å². The summed E-state index contributed by atoms with van der Waals surface area (Å²) in [6.45, 7) is -0.359. The van der Waals surface area contributed by atoms with Crippen LogP contribution >= 0.6 is 0 Å². The highest BCUT2D eigenvalue weighted by molar-refractivity contribution is 5.91. The number of nitrogens with zero attached hydrogens (tertiary/aromatic N) is 5. The summed E-state index contributed by atoms with van der Waals surface area (Å²) in [6, 6.07) is 13.0. The van der Waals surface area contributed by atoms with Crippen LogP contribution in [0.15, 0.2) is 73.2 Å². The number of pyridine rings is 1. The molecule has 0 spiro atoms. The minimum absolute atomic E-state index is 0.211. The first-order valence-electron chi connectivity index (χ1n) is 10.9. The minimum atomic E-state index is -4.89. The Hall–Kier alpha value is -4.42. The number of para-hydroxylation sites is 1. The maximum absolute atomic E-state index is 15.0. The molecule has 37 heavy (non-hydrogen) atoms. The van der Waals surface area contributed by atoms with E-state index in [2.05, 4.69) is 25.4 Å². The lowest BCUT2D eigenvalue weighted by Gasteiger charge is -2.20. The van der Waals surface area contributed by atoms with Gasteiger partial charge in [-0.2, -0.15) is 18.3 Å². The molecule has 5 rings (SSSR count). The largest absolute Gasteiger partial charge is 0.417 e. The van der Waals surface area contributed by atoms with Gasteiger partial charge in [-0.3, -0.25) is 4.98 Å². The van der Waals surface area contributed by atoms with Crippen molar-refractivity contribution >= 4 is 16.7 Å². The summed E-state index contributed by atoms with van der Waals surface area (Å²) >= 11 is 0. The Kier molecular flexibility index (Phi) is 6.27. The van der Waals surface area contributed by atoms with E-state index < -0.39 is 34.9 Å². The topological polar surface area (TPSA) is 109 Å². The van der Waals surface area contributed by atoms with E-state index >= 15 is 4.39 Å². The Morgan fingerprint density at radius 2 is 1.70 bits per heavy atom. The third-order valence-electron chi connectivity index (χ3n) is 5.59. The molecule has 0 aliphatic heterocycles. The number of anilines is 1. The SMILES string of the molecule is OCc1cc2c(NC(O)c3cc(-c4ncccn4)c(C(F)(F)F)cc3F)n(-c3ccccc3)nc2cn1. The van der Waals surface area contributed by atoms with Gasteiger partial charge in [0.05, 0.1) is 29.7 Å². The second kappa shape index (κ2) is 9.56. The third kappa shape index (κ3) is 4.71. The van der Waals surface area contributed by atoms with E-state index in [4.69, 9.17) is 0 Å². The van der Waals surface area contributed by atoms with Crippen molar-refractivity contribution in [1.82, 2.24) is 24.7 Å². The second-order valence-corrected chi connectivity index (χ2v) is 7.98. The monoisotopic (exact) mass is 510 g/mol. The number of nitrogens with one attached hydrogen (secondary N) is 1. The van der Waals surface area contributed by atoms with E-state index in [0.29, 0.717) is 28.4 Å². The van der Waals surface area contributed by atoms with E-state index in [1.165, 1.54) is 29.3 Å². The Bertz CT molecular complexity index is 1560. The molecule has 1 unspecified atom stereocenters. The van der Waals surface area contributed by atoms with E-state index in [1.807, 2.05) is 0 Å². The van der Waals surface area contributed by atoms with Gasteiger partial charge in [-0.1, -0.05) is 18.2 Å². The number of aromatic nitrogens is 5. The van der Waals surface area contributed by atoms with Gasteiger partial charge >= 0.3 is 6.18 Å². The summed E-state index contributed by atoms with van der Waals surface area (Å²) < 4.78 is 57.6. The molecule has 8 nitrogen and oxygen atoms in total. The summed E-state index contributed by atoms with van der Waals surface area (Å²) in [5.41, 5.74) is -0.904. The fourth-order valence-electron chi connectivity index (χ4n) is 3.88. The van der Waals surface area contributed by atoms with Crippen molar-refractivity contribution in [3.8, 4) is 17.1 Å². The molecule has 0 saturated heterocycles. The van der Waals surface area contributed by atoms with Crippen molar-refractivity contribution in [2.45, 2.75) is 19.0 Å². The van der Waals surface area contributed by atoms with Crippen LogP contribution in [0.2, 0.25) is 0 Å². The van der Waals surface area contributed by atoms with Crippen molar-refractivity contribution in [2.24, 2.45) is 0 Å². The first-order chi connectivity index (χ1) is 17.8. The first-order valence-corrected chi connectivity index (χ1v) is 10.9. The minimum Gasteiger partial charge on any atom is -0.390 e. The molecule has 188 valence electrons. The molecule has 0 radical (unpaired) electrons. The number of alkyl halides is 3. The van der Waals surface area contributed by atoms with Crippen LogP contribution in [0.4, 0.5) is 23.4 Å². The highest BCUT2D eigenvalue weighted by Gasteiger charge is 2.36. The summed E-state index contributed by atoms with van der Waals surface area (Å²) in [6.07, 6.45) is -2.73. The predicted octanol–water partition coefficient (Wildman–Crippen LogP) is 4.63. The van der Waals surface area contributed by atoms with Gasteiger partial charge in [0.1, 0.15) is 17.2 Å². The summed E-state index contributed by atoms with van der Waals surface area (Å²) in [5, 5.41) is 28.2. The molecule has 0 aliphatic rings. The highest BCUT2D eigenvalue weighted by atomic mass is 19.4. The number of fused-ring (bicyclic) bond motifs is 1. The van der Waals surface area contributed by atoms with Crippen molar-refractivity contribution in [1.29, 1.82) is 0 Å². The van der Waals surface area contributed by atoms with Crippen molar-refractivity contribution in [3.05, 3.63) is 95.8 Å². The smallest absolute Gasteiger partial charge is 0.390 e. The molecule has 0 saturated carbocycles. The molecule has 3 heterocycles. The number of hydrogen-bond donors (Lipinski definition) is 3. The Morgan fingerprint density at radius 3 is 2.38 bits per heavy atom.